The number of carbonyl (C=O) groups is 1. The SMILES string of the molecule is O=C(Cc1nnn(-c2ccccc2)c1-c1ccccc1)Nc1ccc(-c2ccccc2)cn1. The summed E-state index contributed by atoms with van der Waals surface area (Å²) >= 11 is 0. The highest BCUT2D eigenvalue weighted by Gasteiger charge is 2.19. The predicted molar refractivity (Wildman–Crippen MR) is 129 cm³/mol. The van der Waals surface area contributed by atoms with Gasteiger partial charge in [0.25, 0.3) is 0 Å². The molecule has 3 aromatic carbocycles. The molecule has 0 saturated carbocycles. The Hall–Kier alpha value is -4.58. The van der Waals surface area contributed by atoms with Gasteiger partial charge in [-0.3, -0.25) is 4.79 Å². The van der Waals surface area contributed by atoms with Crippen molar-refractivity contribution in [1.82, 2.24) is 20.0 Å². The average Bonchev–Trinajstić information content (AvgIpc) is 3.29. The van der Waals surface area contributed by atoms with E-state index in [1.807, 2.05) is 97.1 Å². The van der Waals surface area contributed by atoms with E-state index in [4.69, 9.17) is 0 Å². The Balaban J connectivity index is 1.38. The van der Waals surface area contributed by atoms with Gasteiger partial charge in [0.05, 0.1) is 17.8 Å². The lowest BCUT2D eigenvalue weighted by Gasteiger charge is -2.09. The second-order valence-corrected chi connectivity index (χ2v) is 7.52. The van der Waals surface area contributed by atoms with Gasteiger partial charge in [-0.15, -0.1) is 5.10 Å². The third-order valence-electron chi connectivity index (χ3n) is 5.25. The van der Waals surface area contributed by atoms with Gasteiger partial charge in [0.15, 0.2) is 0 Å². The van der Waals surface area contributed by atoms with Gasteiger partial charge in [-0.1, -0.05) is 84.1 Å². The molecule has 0 saturated heterocycles. The molecule has 1 N–H and O–H groups in total. The van der Waals surface area contributed by atoms with Gasteiger partial charge in [-0.2, -0.15) is 0 Å². The van der Waals surface area contributed by atoms with Gasteiger partial charge >= 0.3 is 0 Å². The summed E-state index contributed by atoms with van der Waals surface area (Å²) in [5, 5.41) is 11.5. The van der Waals surface area contributed by atoms with E-state index in [1.54, 1.807) is 16.9 Å². The lowest BCUT2D eigenvalue weighted by atomic mass is 10.1. The number of carbonyl (C=O) groups excluding carboxylic acids is 1. The summed E-state index contributed by atoms with van der Waals surface area (Å²) in [7, 11) is 0. The minimum absolute atomic E-state index is 0.0825. The minimum atomic E-state index is -0.202. The fourth-order valence-corrected chi connectivity index (χ4v) is 3.68. The second kappa shape index (κ2) is 9.28. The zero-order valence-corrected chi connectivity index (χ0v) is 17.8. The molecule has 1 amide bonds. The number of anilines is 1. The molecule has 0 radical (unpaired) electrons. The molecule has 0 aliphatic heterocycles. The van der Waals surface area contributed by atoms with Crippen molar-refractivity contribution < 1.29 is 4.79 Å². The summed E-state index contributed by atoms with van der Waals surface area (Å²) in [6.07, 6.45) is 1.84. The van der Waals surface area contributed by atoms with E-state index in [0.717, 1.165) is 28.1 Å². The Kier molecular flexibility index (Phi) is 5.72. The third-order valence-corrected chi connectivity index (χ3v) is 5.25. The molecule has 160 valence electrons. The smallest absolute Gasteiger partial charge is 0.231 e. The van der Waals surface area contributed by atoms with Crippen LogP contribution in [0.15, 0.2) is 109 Å². The van der Waals surface area contributed by atoms with Crippen molar-refractivity contribution in [3.05, 3.63) is 115 Å². The van der Waals surface area contributed by atoms with Crippen molar-refractivity contribution in [2.45, 2.75) is 6.42 Å². The first-order chi connectivity index (χ1) is 16.3. The molecule has 0 atom stereocenters. The van der Waals surface area contributed by atoms with Crippen molar-refractivity contribution in [1.29, 1.82) is 0 Å². The molecular formula is C27H21N5O. The number of aromatic nitrogens is 4. The highest BCUT2D eigenvalue weighted by atomic mass is 16.1. The summed E-state index contributed by atoms with van der Waals surface area (Å²) in [5.41, 5.74) is 5.29. The Morgan fingerprint density at radius 2 is 1.36 bits per heavy atom. The maximum absolute atomic E-state index is 12.8. The van der Waals surface area contributed by atoms with Crippen molar-refractivity contribution in [3.8, 4) is 28.1 Å². The van der Waals surface area contributed by atoms with E-state index in [1.165, 1.54) is 0 Å². The van der Waals surface area contributed by atoms with Crippen molar-refractivity contribution >= 4 is 11.7 Å². The normalized spacial score (nSPS) is 10.7. The molecule has 0 bridgehead atoms. The maximum Gasteiger partial charge on any atom is 0.231 e. The van der Waals surface area contributed by atoms with Gasteiger partial charge in [0.1, 0.15) is 11.5 Å². The number of pyridine rings is 1. The van der Waals surface area contributed by atoms with Crippen molar-refractivity contribution in [2.24, 2.45) is 0 Å². The first kappa shape index (κ1) is 20.3. The van der Waals surface area contributed by atoms with Crippen LogP contribution >= 0.6 is 0 Å². The van der Waals surface area contributed by atoms with Crippen LogP contribution in [0.5, 0.6) is 0 Å². The van der Waals surface area contributed by atoms with Gasteiger partial charge in [0.2, 0.25) is 5.91 Å². The Bertz CT molecular complexity index is 1350. The summed E-state index contributed by atoms with van der Waals surface area (Å²) in [5.74, 6) is 0.295. The highest BCUT2D eigenvalue weighted by Crippen LogP contribution is 2.26. The molecule has 0 fully saturated rings. The number of rotatable bonds is 6. The van der Waals surface area contributed by atoms with E-state index in [0.29, 0.717) is 11.5 Å². The van der Waals surface area contributed by atoms with E-state index >= 15 is 0 Å². The van der Waals surface area contributed by atoms with Gasteiger partial charge in [0, 0.05) is 17.3 Å². The van der Waals surface area contributed by atoms with Gasteiger partial charge < -0.3 is 5.32 Å². The molecule has 5 rings (SSSR count). The number of hydrogen-bond acceptors (Lipinski definition) is 4. The summed E-state index contributed by atoms with van der Waals surface area (Å²) in [4.78, 5) is 17.2. The van der Waals surface area contributed by atoms with Crippen LogP contribution in [0.2, 0.25) is 0 Å². The molecular weight excluding hydrogens is 410 g/mol. The largest absolute Gasteiger partial charge is 0.310 e. The quantitative estimate of drug-likeness (QED) is 0.402. The molecule has 0 spiro atoms. The zero-order valence-electron chi connectivity index (χ0n) is 17.8. The number of amides is 1. The summed E-state index contributed by atoms with van der Waals surface area (Å²) in [6.45, 7) is 0. The second-order valence-electron chi connectivity index (χ2n) is 7.52. The maximum atomic E-state index is 12.8. The molecule has 0 unspecified atom stereocenters. The Morgan fingerprint density at radius 3 is 2.00 bits per heavy atom. The topological polar surface area (TPSA) is 72.7 Å². The zero-order chi connectivity index (χ0) is 22.5. The molecule has 2 heterocycles. The van der Waals surface area contributed by atoms with Crippen LogP contribution in [0.25, 0.3) is 28.1 Å². The molecule has 6 nitrogen and oxygen atoms in total. The molecule has 2 aromatic heterocycles. The minimum Gasteiger partial charge on any atom is -0.310 e. The van der Waals surface area contributed by atoms with E-state index < -0.39 is 0 Å². The number of hydrogen-bond donors (Lipinski definition) is 1. The van der Waals surface area contributed by atoms with Crippen molar-refractivity contribution in [3.63, 3.8) is 0 Å². The molecule has 0 aliphatic rings. The first-order valence-electron chi connectivity index (χ1n) is 10.6. The first-order valence-corrected chi connectivity index (χ1v) is 10.6. The number of nitrogens with zero attached hydrogens (tertiary/aromatic N) is 4. The van der Waals surface area contributed by atoms with Crippen LogP contribution in [-0.4, -0.2) is 25.9 Å². The van der Waals surface area contributed by atoms with Crippen LogP contribution in [0.1, 0.15) is 5.69 Å². The monoisotopic (exact) mass is 431 g/mol. The fourth-order valence-electron chi connectivity index (χ4n) is 3.68. The molecule has 33 heavy (non-hydrogen) atoms. The van der Waals surface area contributed by atoms with E-state index in [9.17, 15) is 4.79 Å². The standard InChI is InChI=1S/C27H21N5O/c33-26(29-25-17-16-22(19-28-25)20-10-4-1-5-11-20)18-24-27(21-12-6-2-7-13-21)32(31-30-24)23-14-8-3-9-15-23/h1-17,19H,18H2,(H,28,29,33). The molecule has 0 aliphatic carbocycles. The number of para-hydroxylation sites is 1. The van der Waals surface area contributed by atoms with Crippen LogP contribution in [-0.2, 0) is 11.2 Å². The number of benzene rings is 3. The third kappa shape index (κ3) is 4.55. The average molecular weight is 431 g/mol. The fraction of sp³-hybridized carbons (Fsp3) is 0.0370. The van der Waals surface area contributed by atoms with Gasteiger partial charge in [-0.25, -0.2) is 9.67 Å². The van der Waals surface area contributed by atoms with Crippen molar-refractivity contribution in [2.75, 3.05) is 5.32 Å². The van der Waals surface area contributed by atoms with E-state index in [-0.39, 0.29) is 12.3 Å². The molecule has 6 heteroatoms. The van der Waals surface area contributed by atoms with Crippen LogP contribution < -0.4 is 5.32 Å². The van der Waals surface area contributed by atoms with Crippen LogP contribution in [0.3, 0.4) is 0 Å². The lowest BCUT2D eigenvalue weighted by molar-refractivity contribution is -0.115. The number of nitrogens with one attached hydrogen (secondary N) is 1. The predicted octanol–water partition coefficient (Wildman–Crippen LogP) is 5.18. The van der Waals surface area contributed by atoms with E-state index in [2.05, 4.69) is 20.6 Å². The van der Waals surface area contributed by atoms with Gasteiger partial charge in [-0.05, 0) is 29.8 Å². The van der Waals surface area contributed by atoms with Crippen LogP contribution in [0, 0.1) is 0 Å². The summed E-state index contributed by atoms with van der Waals surface area (Å²) < 4.78 is 1.77. The highest BCUT2D eigenvalue weighted by molar-refractivity contribution is 5.92. The summed E-state index contributed by atoms with van der Waals surface area (Å²) in [6, 6.07) is 33.4. The Labute approximate surface area is 191 Å². The lowest BCUT2D eigenvalue weighted by Crippen LogP contribution is -2.16. The Morgan fingerprint density at radius 1 is 0.727 bits per heavy atom. The molecule has 5 aromatic rings. The van der Waals surface area contributed by atoms with Crippen LogP contribution in [0.4, 0.5) is 5.82 Å².